The van der Waals surface area contributed by atoms with Gasteiger partial charge in [0.05, 0.1) is 0 Å². The molecule has 0 aliphatic heterocycles. The summed E-state index contributed by atoms with van der Waals surface area (Å²) in [6, 6.07) is 0. The molecule has 0 unspecified atom stereocenters. The van der Waals surface area contributed by atoms with Gasteiger partial charge in [-0.1, -0.05) is 26.7 Å². The molecule has 1 rings (SSSR count). The third-order valence-corrected chi connectivity index (χ3v) is 3.83. The van der Waals surface area contributed by atoms with Crippen molar-refractivity contribution in [3.8, 4) is 0 Å². The van der Waals surface area contributed by atoms with E-state index in [1.54, 1.807) is 0 Å². The van der Waals surface area contributed by atoms with Gasteiger partial charge < -0.3 is 4.90 Å². The molecule has 0 amide bonds. The Balaban J connectivity index is 2.11. The van der Waals surface area contributed by atoms with Crippen LogP contribution in [0.5, 0.6) is 0 Å². The van der Waals surface area contributed by atoms with E-state index in [0.29, 0.717) is 5.38 Å². The van der Waals surface area contributed by atoms with Crippen LogP contribution in [-0.4, -0.2) is 30.4 Å². The van der Waals surface area contributed by atoms with Crippen molar-refractivity contribution in [1.82, 2.24) is 4.90 Å². The molecule has 0 bridgehead atoms. The maximum absolute atomic E-state index is 5.97. The number of alkyl halides is 1. The van der Waals surface area contributed by atoms with Gasteiger partial charge in [0.25, 0.3) is 0 Å². The standard InChI is InChI=1S/C12H24ClN/c1-4-10(5-2)8-14(3)9-11-6-12(13)7-11/h10-12H,4-9H2,1-3H3. The second kappa shape index (κ2) is 5.97. The van der Waals surface area contributed by atoms with Crippen molar-refractivity contribution in [1.29, 1.82) is 0 Å². The monoisotopic (exact) mass is 217 g/mol. The molecule has 0 aromatic carbocycles. The molecule has 0 saturated heterocycles. The quantitative estimate of drug-likeness (QED) is 0.617. The van der Waals surface area contributed by atoms with Crippen molar-refractivity contribution in [2.75, 3.05) is 20.1 Å². The highest BCUT2D eigenvalue weighted by molar-refractivity contribution is 6.21. The summed E-state index contributed by atoms with van der Waals surface area (Å²) in [7, 11) is 2.25. The lowest BCUT2D eigenvalue weighted by molar-refractivity contribution is 0.185. The molecule has 14 heavy (non-hydrogen) atoms. The van der Waals surface area contributed by atoms with E-state index in [1.165, 1.54) is 38.8 Å². The molecule has 0 aromatic rings. The molecular formula is C12H24ClN. The molecule has 1 saturated carbocycles. The molecule has 0 N–H and O–H groups in total. The molecule has 1 aliphatic rings. The minimum Gasteiger partial charge on any atom is -0.306 e. The normalized spacial score (nSPS) is 27.0. The van der Waals surface area contributed by atoms with Crippen LogP contribution in [-0.2, 0) is 0 Å². The second-order valence-corrected chi connectivity index (χ2v) is 5.46. The molecule has 0 radical (unpaired) electrons. The van der Waals surface area contributed by atoms with Crippen LogP contribution in [0.25, 0.3) is 0 Å². The maximum atomic E-state index is 5.97. The van der Waals surface area contributed by atoms with E-state index in [0.717, 1.165) is 11.8 Å². The number of hydrogen-bond donors (Lipinski definition) is 0. The van der Waals surface area contributed by atoms with E-state index in [2.05, 4.69) is 25.8 Å². The van der Waals surface area contributed by atoms with Gasteiger partial charge in [-0.3, -0.25) is 0 Å². The lowest BCUT2D eigenvalue weighted by atomic mass is 9.84. The Labute approximate surface area is 93.8 Å². The van der Waals surface area contributed by atoms with Crippen LogP contribution in [0.2, 0.25) is 0 Å². The van der Waals surface area contributed by atoms with Gasteiger partial charge in [0.1, 0.15) is 0 Å². The average molecular weight is 218 g/mol. The highest BCUT2D eigenvalue weighted by atomic mass is 35.5. The van der Waals surface area contributed by atoms with Crippen LogP contribution in [0.15, 0.2) is 0 Å². The zero-order chi connectivity index (χ0) is 10.6. The first kappa shape index (κ1) is 12.3. The summed E-state index contributed by atoms with van der Waals surface area (Å²) >= 11 is 5.97. The van der Waals surface area contributed by atoms with Crippen molar-refractivity contribution in [3.63, 3.8) is 0 Å². The highest BCUT2D eigenvalue weighted by Gasteiger charge is 2.28. The Bertz CT molecular complexity index is 150. The van der Waals surface area contributed by atoms with Gasteiger partial charge in [-0.15, -0.1) is 11.6 Å². The number of rotatable bonds is 6. The summed E-state index contributed by atoms with van der Waals surface area (Å²) in [5.41, 5.74) is 0. The summed E-state index contributed by atoms with van der Waals surface area (Å²) < 4.78 is 0. The van der Waals surface area contributed by atoms with Gasteiger partial charge in [0.2, 0.25) is 0 Å². The molecule has 2 heteroatoms. The summed E-state index contributed by atoms with van der Waals surface area (Å²) in [5, 5.41) is 0.474. The fraction of sp³-hybridized carbons (Fsp3) is 1.00. The van der Waals surface area contributed by atoms with Crippen molar-refractivity contribution >= 4 is 11.6 Å². The van der Waals surface area contributed by atoms with Gasteiger partial charge in [-0.05, 0) is 31.7 Å². The lowest BCUT2D eigenvalue weighted by Crippen LogP contribution is -2.36. The fourth-order valence-corrected chi connectivity index (χ4v) is 2.81. The summed E-state index contributed by atoms with van der Waals surface area (Å²) in [4.78, 5) is 2.49. The minimum absolute atomic E-state index is 0.474. The Morgan fingerprint density at radius 1 is 1.29 bits per heavy atom. The summed E-state index contributed by atoms with van der Waals surface area (Å²) in [5.74, 6) is 1.75. The van der Waals surface area contributed by atoms with E-state index >= 15 is 0 Å². The average Bonchev–Trinajstić information content (AvgIpc) is 2.11. The van der Waals surface area contributed by atoms with Crippen molar-refractivity contribution in [2.24, 2.45) is 11.8 Å². The molecule has 0 spiro atoms. The van der Waals surface area contributed by atoms with Crippen LogP contribution in [0.4, 0.5) is 0 Å². The van der Waals surface area contributed by atoms with Crippen LogP contribution < -0.4 is 0 Å². The zero-order valence-corrected chi connectivity index (χ0v) is 10.6. The Morgan fingerprint density at radius 2 is 1.86 bits per heavy atom. The molecule has 1 fully saturated rings. The number of nitrogens with zero attached hydrogens (tertiary/aromatic N) is 1. The van der Waals surface area contributed by atoms with E-state index < -0.39 is 0 Å². The van der Waals surface area contributed by atoms with Crippen molar-refractivity contribution in [3.05, 3.63) is 0 Å². The first-order valence-corrected chi connectivity index (χ1v) is 6.41. The van der Waals surface area contributed by atoms with Crippen molar-refractivity contribution < 1.29 is 0 Å². The Morgan fingerprint density at radius 3 is 2.29 bits per heavy atom. The molecule has 0 heterocycles. The van der Waals surface area contributed by atoms with E-state index in [-0.39, 0.29) is 0 Å². The predicted octanol–water partition coefficient (Wildman–Crippen LogP) is 3.37. The first-order valence-electron chi connectivity index (χ1n) is 5.98. The lowest BCUT2D eigenvalue weighted by Gasteiger charge is -2.35. The third kappa shape index (κ3) is 3.78. The number of halogens is 1. The zero-order valence-electron chi connectivity index (χ0n) is 9.80. The Kier molecular flexibility index (Phi) is 5.25. The predicted molar refractivity (Wildman–Crippen MR) is 63.9 cm³/mol. The SMILES string of the molecule is CCC(CC)CN(C)CC1CC(Cl)C1. The molecular weight excluding hydrogens is 194 g/mol. The van der Waals surface area contributed by atoms with Gasteiger partial charge in [0.15, 0.2) is 0 Å². The molecule has 1 nitrogen and oxygen atoms in total. The molecule has 84 valence electrons. The Hall–Kier alpha value is 0.250. The van der Waals surface area contributed by atoms with Gasteiger partial charge in [-0.25, -0.2) is 0 Å². The first-order chi connectivity index (χ1) is 6.65. The second-order valence-electron chi connectivity index (χ2n) is 4.84. The van der Waals surface area contributed by atoms with Crippen LogP contribution in [0.1, 0.15) is 39.5 Å². The third-order valence-electron chi connectivity index (χ3n) is 3.47. The van der Waals surface area contributed by atoms with Gasteiger partial charge in [-0.2, -0.15) is 0 Å². The van der Waals surface area contributed by atoms with E-state index in [1.807, 2.05) is 0 Å². The van der Waals surface area contributed by atoms with Gasteiger partial charge in [0, 0.05) is 18.5 Å². The summed E-state index contributed by atoms with van der Waals surface area (Å²) in [6.07, 6.45) is 5.08. The van der Waals surface area contributed by atoms with Crippen LogP contribution in [0, 0.1) is 11.8 Å². The molecule has 0 aromatic heterocycles. The van der Waals surface area contributed by atoms with E-state index in [4.69, 9.17) is 11.6 Å². The largest absolute Gasteiger partial charge is 0.306 e. The topological polar surface area (TPSA) is 3.24 Å². The van der Waals surface area contributed by atoms with E-state index in [9.17, 15) is 0 Å². The smallest absolute Gasteiger partial charge is 0.0342 e. The van der Waals surface area contributed by atoms with Crippen LogP contribution >= 0.6 is 11.6 Å². The molecule has 0 atom stereocenters. The van der Waals surface area contributed by atoms with Crippen molar-refractivity contribution in [2.45, 2.75) is 44.9 Å². The number of hydrogen-bond acceptors (Lipinski definition) is 1. The fourth-order valence-electron chi connectivity index (χ4n) is 2.31. The van der Waals surface area contributed by atoms with Crippen LogP contribution in [0.3, 0.4) is 0 Å². The highest BCUT2D eigenvalue weighted by Crippen LogP contribution is 2.32. The van der Waals surface area contributed by atoms with Gasteiger partial charge >= 0.3 is 0 Å². The minimum atomic E-state index is 0.474. The molecule has 1 aliphatic carbocycles. The maximum Gasteiger partial charge on any atom is 0.0342 e. The summed E-state index contributed by atoms with van der Waals surface area (Å²) in [6.45, 7) is 7.09.